The number of nitrogens with one attached hydrogen (secondary N) is 1. The minimum atomic E-state index is -1.36. The van der Waals surface area contributed by atoms with Crippen LogP contribution in [0.4, 0.5) is 4.79 Å². The molecule has 1 aliphatic heterocycles. The standard InChI is InChI=1S/C40H41BN2O9/c1-24-18-25(2)36(33(19-24)49-22-26-14-16-27(17-15-26)41-51-34(44)20-43(5)21-35(45)52-41)40(3,4)37(38(46)47)42-39(48)50-23-32-30-12-8-6-10-28(30)29-11-7-9-13-31(29)32/h6-19,32,37H,20-23H2,1-5H3,(H,42,48)(H,46,47)/t37-/m1/s1. The Labute approximate surface area is 303 Å². The topological polar surface area (TPSA) is 141 Å². The maximum absolute atomic E-state index is 13.3. The van der Waals surface area contributed by atoms with E-state index >= 15 is 0 Å². The number of aliphatic carboxylic acids is 1. The number of hydrogen-bond acceptors (Lipinski definition) is 9. The molecular formula is C40H41BN2O9. The van der Waals surface area contributed by atoms with Crippen molar-refractivity contribution in [3.05, 3.63) is 118 Å². The van der Waals surface area contributed by atoms with Gasteiger partial charge >= 0.3 is 31.1 Å². The fourth-order valence-corrected chi connectivity index (χ4v) is 7.22. The highest BCUT2D eigenvalue weighted by atomic mass is 16.6. The van der Waals surface area contributed by atoms with Crippen molar-refractivity contribution >= 4 is 36.6 Å². The number of fused-ring (bicyclic) bond motifs is 3. The molecule has 0 unspecified atom stereocenters. The van der Waals surface area contributed by atoms with Gasteiger partial charge in [-0.1, -0.05) is 92.7 Å². The Morgan fingerprint density at radius 2 is 1.50 bits per heavy atom. The number of carbonyl (C=O) groups is 4. The van der Waals surface area contributed by atoms with E-state index in [9.17, 15) is 24.3 Å². The molecule has 268 valence electrons. The van der Waals surface area contributed by atoms with Crippen molar-refractivity contribution < 1.29 is 43.1 Å². The molecule has 1 fully saturated rings. The molecule has 0 aromatic heterocycles. The van der Waals surface area contributed by atoms with E-state index in [1.54, 1.807) is 45.2 Å². The smallest absolute Gasteiger partial charge is 0.494 e. The Hall–Kier alpha value is -5.62. The number of carboxylic acid groups (broad SMARTS) is 1. The van der Waals surface area contributed by atoms with Crippen LogP contribution in [0.1, 0.15) is 53.1 Å². The first-order chi connectivity index (χ1) is 24.8. The van der Waals surface area contributed by atoms with Crippen molar-refractivity contribution in [1.29, 1.82) is 0 Å². The largest absolute Gasteiger partial charge is 0.636 e. The molecule has 1 heterocycles. The minimum absolute atomic E-state index is 0.0317. The van der Waals surface area contributed by atoms with Gasteiger partial charge in [0.15, 0.2) is 0 Å². The van der Waals surface area contributed by atoms with Gasteiger partial charge in [-0.2, -0.15) is 0 Å². The average Bonchev–Trinajstić information content (AvgIpc) is 3.40. The van der Waals surface area contributed by atoms with Crippen LogP contribution in [0.15, 0.2) is 84.9 Å². The second-order valence-electron chi connectivity index (χ2n) is 13.9. The van der Waals surface area contributed by atoms with Gasteiger partial charge in [0, 0.05) is 22.4 Å². The molecule has 1 atom stereocenters. The van der Waals surface area contributed by atoms with E-state index in [-0.39, 0.29) is 32.2 Å². The Kier molecular flexibility index (Phi) is 10.4. The van der Waals surface area contributed by atoms with E-state index in [1.807, 2.05) is 74.5 Å². The predicted molar refractivity (Wildman–Crippen MR) is 194 cm³/mol. The molecule has 1 saturated heterocycles. The van der Waals surface area contributed by atoms with Gasteiger partial charge in [-0.3, -0.25) is 14.5 Å². The second-order valence-corrected chi connectivity index (χ2v) is 13.9. The zero-order valence-electron chi connectivity index (χ0n) is 29.8. The van der Waals surface area contributed by atoms with Crippen LogP contribution < -0.4 is 15.5 Å². The predicted octanol–water partition coefficient (Wildman–Crippen LogP) is 4.88. The molecule has 4 aromatic carbocycles. The number of benzene rings is 4. The van der Waals surface area contributed by atoms with Gasteiger partial charge in [-0.05, 0) is 65.9 Å². The summed E-state index contributed by atoms with van der Waals surface area (Å²) in [7, 11) is 0.468. The van der Waals surface area contributed by atoms with Crippen LogP contribution in [0.25, 0.3) is 11.1 Å². The number of rotatable bonds is 10. The van der Waals surface area contributed by atoms with Gasteiger partial charge in [-0.25, -0.2) is 9.59 Å². The number of ether oxygens (including phenoxy) is 2. The van der Waals surface area contributed by atoms with Gasteiger partial charge in [0.25, 0.3) is 0 Å². The maximum atomic E-state index is 13.3. The molecule has 12 heteroatoms. The number of alkyl carbamates (subject to hydrolysis) is 1. The molecule has 2 aliphatic rings. The number of nitrogens with zero attached hydrogens (tertiary/aromatic N) is 1. The molecule has 0 saturated carbocycles. The number of carboxylic acids is 1. The Morgan fingerprint density at radius 3 is 2.08 bits per heavy atom. The molecule has 1 aliphatic carbocycles. The third kappa shape index (κ3) is 7.67. The molecule has 0 bridgehead atoms. The molecule has 1 amide bonds. The van der Waals surface area contributed by atoms with Crippen molar-refractivity contribution in [1.82, 2.24) is 10.2 Å². The summed E-state index contributed by atoms with van der Waals surface area (Å²) in [6.45, 7) is 7.42. The minimum Gasteiger partial charge on any atom is -0.494 e. The molecule has 52 heavy (non-hydrogen) atoms. The highest BCUT2D eigenvalue weighted by Gasteiger charge is 2.42. The first kappa shape index (κ1) is 36.2. The van der Waals surface area contributed by atoms with Gasteiger partial charge in [-0.15, -0.1) is 0 Å². The third-order valence-electron chi connectivity index (χ3n) is 9.58. The first-order valence-electron chi connectivity index (χ1n) is 17.1. The maximum Gasteiger partial charge on any atom is 0.636 e. The molecule has 4 aromatic rings. The van der Waals surface area contributed by atoms with Crippen molar-refractivity contribution in [3.8, 4) is 16.9 Å². The number of carbonyl (C=O) groups excluding carboxylic acids is 3. The lowest BCUT2D eigenvalue weighted by molar-refractivity contribution is -0.145. The van der Waals surface area contributed by atoms with Crippen molar-refractivity contribution in [3.63, 3.8) is 0 Å². The van der Waals surface area contributed by atoms with Crippen LogP contribution in [-0.4, -0.2) is 73.9 Å². The first-order valence-corrected chi connectivity index (χ1v) is 17.1. The lowest BCUT2D eigenvalue weighted by atomic mass is 9.75. The van der Waals surface area contributed by atoms with Crippen LogP contribution >= 0.6 is 0 Å². The molecule has 6 rings (SSSR count). The molecular weight excluding hydrogens is 663 g/mol. The zero-order valence-corrected chi connectivity index (χ0v) is 29.8. The second kappa shape index (κ2) is 14.9. The van der Waals surface area contributed by atoms with E-state index in [0.717, 1.165) is 38.9 Å². The third-order valence-corrected chi connectivity index (χ3v) is 9.58. The van der Waals surface area contributed by atoms with E-state index in [4.69, 9.17) is 18.8 Å². The number of aryl methyl sites for hydroxylation is 2. The normalized spacial score (nSPS) is 15.4. The van der Waals surface area contributed by atoms with E-state index < -0.39 is 42.6 Å². The molecule has 2 N–H and O–H groups in total. The van der Waals surface area contributed by atoms with Gasteiger partial charge in [0.05, 0.1) is 13.1 Å². The fraction of sp³-hybridized carbons (Fsp3) is 0.300. The Bertz CT molecular complexity index is 1950. The summed E-state index contributed by atoms with van der Waals surface area (Å²) >= 11 is 0. The summed E-state index contributed by atoms with van der Waals surface area (Å²) in [4.78, 5) is 52.0. The average molecular weight is 705 g/mol. The summed E-state index contributed by atoms with van der Waals surface area (Å²) in [6, 6.07) is 25.3. The fourth-order valence-electron chi connectivity index (χ4n) is 7.22. The van der Waals surface area contributed by atoms with Gasteiger partial charge in [0.2, 0.25) is 0 Å². The van der Waals surface area contributed by atoms with E-state index in [0.29, 0.717) is 16.8 Å². The van der Waals surface area contributed by atoms with Crippen LogP contribution in [0.3, 0.4) is 0 Å². The number of amides is 1. The summed E-state index contributed by atoms with van der Waals surface area (Å²) in [5, 5.41) is 13.1. The van der Waals surface area contributed by atoms with Crippen LogP contribution in [0.5, 0.6) is 5.75 Å². The lowest BCUT2D eigenvalue weighted by Crippen LogP contribution is -2.53. The summed E-state index contributed by atoms with van der Waals surface area (Å²) in [5.41, 5.74) is 6.74. The van der Waals surface area contributed by atoms with Crippen LogP contribution in [0.2, 0.25) is 0 Å². The molecule has 0 radical (unpaired) electrons. The van der Waals surface area contributed by atoms with E-state index in [2.05, 4.69) is 5.32 Å². The molecule has 11 nitrogen and oxygen atoms in total. The zero-order chi connectivity index (χ0) is 37.2. The van der Waals surface area contributed by atoms with Crippen LogP contribution in [0, 0.1) is 13.8 Å². The summed E-state index contributed by atoms with van der Waals surface area (Å²) in [6.07, 6.45) is -0.831. The van der Waals surface area contributed by atoms with Gasteiger partial charge in [0.1, 0.15) is 25.0 Å². The lowest BCUT2D eigenvalue weighted by Gasteiger charge is -2.35. The van der Waals surface area contributed by atoms with Crippen molar-refractivity contribution in [2.45, 2.75) is 51.7 Å². The number of likely N-dealkylation sites (N-methyl/N-ethyl adjacent to an activating group) is 1. The summed E-state index contributed by atoms with van der Waals surface area (Å²) in [5.74, 6) is -1.94. The van der Waals surface area contributed by atoms with E-state index in [1.165, 1.54) is 4.90 Å². The van der Waals surface area contributed by atoms with Crippen molar-refractivity contribution in [2.24, 2.45) is 0 Å². The Morgan fingerprint density at radius 1 is 0.923 bits per heavy atom. The number of hydrogen-bond donors (Lipinski definition) is 2. The Balaban J connectivity index is 1.16. The SMILES string of the molecule is Cc1cc(C)c(C(C)(C)[C@H](NC(=O)OCC2c3ccccc3-c3ccccc32)C(=O)O)c(OCc2ccc(B3OC(=O)CN(C)CC(=O)O3)cc2)c1. The highest BCUT2D eigenvalue weighted by molar-refractivity contribution is 6.64. The van der Waals surface area contributed by atoms with Crippen LogP contribution in [-0.2, 0) is 40.5 Å². The van der Waals surface area contributed by atoms with Crippen molar-refractivity contribution in [2.75, 3.05) is 26.7 Å². The summed E-state index contributed by atoms with van der Waals surface area (Å²) < 4.78 is 22.8. The molecule has 0 spiro atoms. The highest BCUT2D eigenvalue weighted by Crippen LogP contribution is 2.44. The van der Waals surface area contributed by atoms with Gasteiger partial charge < -0.3 is 29.2 Å². The monoisotopic (exact) mass is 704 g/mol. The quantitative estimate of drug-likeness (QED) is 0.220.